The summed E-state index contributed by atoms with van der Waals surface area (Å²) in [7, 11) is 0. The number of pyridine rings is 1. The van der Waals surface area contributed by atoms with Crippen LogP contribution in [-0.4, -0.2) is 47.1 Å². The molecule has 5 heteroatoms. The van der Waals surface area contributed by atoms with Crippen LogP contribution in [-0.2, 0) is 0 Å². The van der Waals surface area contributed by atoms with E-state index in [1.54, 1.807) is 12.3 Å². The zero-order chi connectivity index (χ0) is 17.2. The van der Waals surface area contributed by atoms with Gasteiger partial charge in [0.1, 0.15) is 5.75 Å². The second-order valence-electron chi connectivity index (χ2n) is 6.18. The van der Waals surface area contributed by atoms with Crippen LogP contribution in [0.25, 0.3) is 21.9 Å². The number of fused-ring (bicyclic) bond motifs is 1. The predicted octanol–water partition coefficient (Wildman–Crippen LogP) is 2.65. The van der Waals surface area contributed by atoms with Crippen LogP contribution in [0.1, 0.15) is 10.4 Å². The number of benzene rings is 2. The van der Waals surface area contributed by atoms with Gasteiger partial charge in [-0.3, -0.25) is 9.78 Å². The topological polar surface area (TPSA) is 65.5 Å². The molecule has 5 nitrogen and oxygen atoms in total. The number of aromatic hydroxyl groups is 1. The Morgan fingerprint density at radius 3 is 2.56 bits per heavy atom. The van der Waals surface area contributed by atoms with E-state index < -0.39 is 0 Å². The highest BCUT2D eigenvalue weighted by molar-refractivity contribution is 6.11. The summed E-state index contributed by atoms with van der Waals surface area (Å²) < 4.78 is 0. The predicted molar refractivity (Wildman–Crippen MR) is 97.6 cm³/mol. The molecule has 4 rings (SSSR count). The first-order valence-corrected chi connectivity index (χ1v) is 8.40. The van der Waals surface area contributed by atoms with Crippen molar-refractivity contribution in [3.63, 3.8) is 0 Å². The SMILES string of the molecule is O=C(c1ccc(-c2cncc(O)c2)c2ccccc12)N1CCNCC1. The average Bonchev–Trinajstić information content (AvgIpc) is 2.67. The lowest BCUT2D eigenvalue weighted by atomic mass is 9.95. The van der Waals surface area contributed by atoms with E-state index in [2.05, 4.69) is 10.3 Å². The number of rotatable bonds is 2. The van der Waals surface area contributed by atoms with Gasteiger partial charge in [0, 0.05) is 43.5 Å². The minimum absolute atomic E-state index is 0.0679. The van der Waals surface area contributed by atoms with Crippen LogP contribution in [0.2, 0.25) is 0 Å². The molecule has 0 atom stereocenters. The Kier molecular flexibility index (Phi) is 4.07. The highest BCUT2D eigenvalue weighted by atomic mass is 16.3. The first-order chi connectivity index (χ1) is 12.2. The maximum Gasteiger partial charge on any atom is 0.254 e. The molecule has 2 heterocycles. The zero-order valence-electron chi connectivity index (χ0n) is 13.8. The third-order valence-electron chi connectivity index (χ3n) is 4.59. The molecule has 0 saturated carbocycles. The van der Waals surface area contributed by atoms with E-state index in [1.165, 1.54) is 6.20 Å². The highest BCUT2D eigenvalue weighted by Gasteiger charge is 2.20. The van der Waals surface area contributed by atoms with Crippen LogP contribution in [0.4, 0.5) is 0 Å². The van der Waals surface area contributed by atoms with Crippen molar-refractivity contribution in [2.45, 2.75) is 0 Å². The molecule has 0 radical (unpaired) electrons. The number of aromatic nitrogens is 1. The average molecular weight is 333 g/mol. The fourth-order valence-electron chi connectivity index (χ4n) is 3.35. The number of amides is 1. The summed E-state index contributed by atoms with van der Waals surface area (Å²) in [5.41, 5.74) is 2.50. The second kappa shape index (κ2) is 6.53. The van der Waals surface area contributed by atoms with Crippen molar-refractivity contribution in [2.75, 3.05) is 26.2 Å². The van der Waals surface area contributed by atoms with Crippen molar-refractivity contribution < 1.29 is 9.90 Å². The summed E-state index contributed by atoms with van der Waals surface area (Å²) >= 11 is 0. The number of nitrogens with zero attached hydrogens (tertiary/aromatic N) is 2. The Hall–Kier alpha value is -2.92. The molecule has 1 aromatic heterocycles. The fraction of sp³-hybridized carbons (Fsp3) is 0.200. The number of hydrogen-bond acceptors (Lipinski definition) is 4. The first-order valence-electron chi connectivity index (χ1n) is 8.40. The normalized spacial score (nSPS) is 14.6. The maximum atomic E-state index is 13.0. The monoisotopic (exact) mass is 333 g/mol. The van der Waals surface area contributed by atoms with Crippen molar-refractivity contribution in [3.8, 4) is 16.9 Å². The first kappa shape index (κ1) is 15.6. The Morgan fingerprint density at radius 2 is 1.80 bits per heavy atom. The van der Waals surface area contributed by atoms with Gasteiger partial charge in [0.15, 0.2) is 0 Å². The Bertz CT molecular complexity index is 933. The molecule has 126 valence electrons. The van der Waals surface area contributed by atoms with Crippen LogP contribution in [0.3, 0.4) is 0 Å². The van der Waals surface area contributed by atoms with Gasteiger partial charge < -0.3 is 15.3 Å². The number of piperazine rings is 1. The molecular formula is C20H19N3O2. The third-order valence-corrected chi connectivity index (χ3v) is 4.59. The molecule has 0 unspecified atom stereocenters. The van der Waals surface area contributed by atoms with Crippen molar-refractivity contribution in [3.05, 3.63) is 60.4 Å². The summed E-state index contributed by atoms with van der Waals surface area (Å²) in [6.07, 6.45) is 3.13. The van der Waals surface area contributed by atoms with Gasteiger partial charge in [0.2, 0.25) is 0 Å². The van der Waals surface area contributed by atoms with Crippen LogP contribution in [0.5, 0.6) is 5.75 Å². The molecule has 3 aromatic rings. The molecule has 2 N–H and O–H groups in total. The molecule has 1 saturated heterocycles. The fourth-order valence-corrected chi connectivity index (χ4v) is 3.35. The van der Waals surface area contributed by atoms with Crippen molar-refractivity contribution in [1.82, 2.24) is 15.2 Å². The van der Waals surface area contributed by atoms with Crippen LogP contribution < -0.4 is 5.32 Å². The molecule has 1 aliphatic heterocycles. The van der Waals surface area contributed by atoms with Gasteiger partial charge >= 0.3 is 0 Å². The number of hydrogen-bond donors (Lipinski definition) is 2. The molecule has 25 heavy (non-hydrogen) atoms. The number of nitrogens with one attached hydrogen (secondary N) is 1. The Morgan fingerprint density at radius 1 is 1.04 bits per heavy atom. The summed E-state index contributed by atoms with van der Waals surface area (Å²) in [6, 6.07) is 13.4. The Balaban J connectivity index is 1.83. The van der Waals surface area contributed by atoms with E-state index in [9.17, 15) is 9.90 Å². The van der Waals surface area contributed by atoms with E-state index in [0.717, 1.165) is 53.6 Å². The molecule has 1 amide bonds. The maximum absolute atomic E-state index is 13.0. The van der Waals surface area contributed by atoms with E-state index in [4.69, 9.17) is 0 Å². The summed E-state index contributed by atoms with van der Waals surface area (Å²) in [5.74, 6) is 0.195. The van der Waals surface area contributed by atoms with E-state index in [-0.39, 0.29) is 11.7 Å². The van der Waals surface area contributed by atoms with Gasteiger partial charge in [-0.15, -0.1) is 0 Å². The highest BCUT2D eigenvalue weighted by Crippen LogP contribution is 2.32. The van der Waals surface area contributed by atoms with E-state index in [1.807, 2.05) is 41.3 Å². The van der Waals surface area contributed by atoms with Crippen LogP contribution in [0, 0.1) is 0 Å². The van der Waals surface area contributed by atoms with Crippen LogP contribution >= 0.6 is 0 Å². The lowest BCUT2D eigenvalue weighted by Crippen LogP contribution is -2.46. The minimum Gasteiger partial charge on any atom is -0.506 e. The molecule has 0 aliphatic carbocycles. The van der Waals surface area contributed by atoms with Crippen molar-refractivity contribution in [1.29, 1.82) is 0 Å². The van der Waals surface area contributed by atoms with Gasteiger partial charge in [0.25, 0.3) is 5.91 Å². The van der Waals surface area contributed by atoms with Crippen molar-refractivity contribution >= 4 is 16.7 Å². The molecular weight excluding hydrogens is 314 g/mol. The van der Waals surface area contributed by atoms with Crippen LogP contribution in [0.15, 0.2) is 54.9 Å². The molecule has 0 bridgehead atoms. The second-order valence-corrected chi connectivity index (χ2v) is 6.18. The standard InChI is InChI=1S/C20H19N3O2/c24-15-11-14(12-22-13-15)16-5-6-19(18-4-2-1-3-17(16)18)20(25)23-9-7-21-8-10-23/h1-6,11-13,21,24H,7-10H2. The molecule has 0 spiro atoms. The van der Waals surface area contributed by atoms with Gasteiger partial charge in [-0.25, -0.2) is 0 Å². The lowest BCUT2D eigenvalue weighted by molar-refractivity contribution is 0.0738. The molecule has 1 fully saturated rings. The number of carbonyl (C=O) groups is 1. The summed E-state index contributed by atoms with van der Waals surface area (Å²) in [5, 5.41) is 14.9. The molecule has 1 aliphatic rings. The summed E-state index contributed by atoms with van der Waals surface area (Å²) in [6.45, 7) is 3.12. The van der Waals surface area contributed by atoms with Gasteiger partial charge in [-0.2, -0.15) is 0 Å². The largest absolute Gasteiger partial charge is 0.506 e. The van der Waals surface area contributed by atoms with Gasteiger partial charge in [0.05, 0.1) is 6.20 Å². The van der Waals surface area contributed by atoms with E-state index >= 15 is 0 Å². The van der Waals surface area contributed by atoms with E-state index in [0.29, 0.717) is 0 Å². The van der Waals surface area contributed by atoms with Gasteiger partial charge in [-0.05, 0) is 28.5 Å². The smallest absolute Gasteiger partial charge is 0.254 e. The summed E-state index contributed by atoms with van der Waals surface area (Å²) in [4.78, 5) is 18.9. The number of carbonyl (C=O) groups excluding carboxylic acids is 1. The quantitative estimate of drug-likeness (QED) is 0.757. The van der Waals surface area contributed by atoms with Crippen molar-refractivity contribution in [2.24, 2.45) is 0 Å². The lowest BCUT2D eigenvalue weighted by Gasteiger charge is -2.28. The molecule has 2 aromatic carbocycles. The minimum atomic E-state index is 0.0679. The zero-order valence-corrected chi connectivity index (χ0v) is 13.8. The Labute approximate surface area is 145 Å². The van der Waals surface area contributed by atoms with Gasteiger partial charge in [-0.1, -0.05) is 30.3 Å². The third kappa shape index (κ3) is 2.94.